The van der Waals surface area contributed by atoms with Gasteiger partial charge in [0.2, 0.25) is 0 Å². The predicted molar refractivity (Wildman–Crippen MR) is 91.9 cm³/mol. The van der Waals surface area contributed by atoms with Crippen LogP contribution in [0.25, 0.3) is 0 Å². The summed E-state index contributed by atoms with van der Waals surface area (Å²) >= 11 is 0. The van der Waals surface area contributed by atoms with Crippen molar-refractivity contribution in [3.8, 4) is 0 Å². The Morgan fingerprint density at radius 1 is 1.32 bits per heavy atom. The summed E-state index contributed by atoms with van der Waals surface area (Å²) in [5.41, 5.74) is 1.09. The van der Waals surface area contributed by atoms with Crippen LogP contribution in [0.5, 0.6) is 0 Å². The van der Waals surface area contributed by atoms with E-state index >= 15 is 0 Å². The molecule has 1 atom stereocenters. The van der Waals surface area contributed by atoms with Crippen molar-refractivity contribution in [3.63, 3.8) is 0 Å². The van der Waals surface area contributed by atoms with Gasteiger partial charge in [0.1, 0.15) is 0 Å². The van der Waals surface area contributed by atoms with Crippen LogP contribution in [0.4, 0.5) is 0 Å². The number of aliphatic imine (C=N–C) groups is 1. The first-order chi connectivity index (χ1) is 10.4. The zero-order chi connectivity index (χ0) is 16.2. The summed E-state index contributed by atoms with van der Waals surface area (Å²) in [5.74, 6) is 1.67. The molecule has 1 saturated heterocycles. The lowest BCUT2D eigenvalue weighted by atomic mass is 10.1. The predicted octanol–water partition coefficient (Wildman–Crippen LogP) is 1.82. The Hall–Kier alpha value is -1.04. The number of guanidine groups is 1. The van der Waals surface area contributed by atoms with Gasteiger partial charge in [0.25, 0.3) is 0 Å². The van der Waals surface area contributed by atoms with Crippen molar-refractivity contribution in [1.82, 2.24) is 10.2 Å². The highest BCUT2D eigenvalue weighted by molar-refractivity contribution is 7.91. The number of likely N-dealkylation sites (N-methyl/N-ethyl adjacent to an activating group) is 1. The Labute approximate surface area is 134 Å². The molecule has 1 heterocycles. The molecule has 0 amide bonds. The van der Waals surface area contributed by atoms with Crippen molar-refractivity contribution in [3.05, 3.63) is 12.2 Å². The molecule has 1 aliphatic heterocycles. The Kier molecular flexibility index (Phi) is 5.89. The Bertz CT molecular complexity index is 522. The SMILES string of the molecule is C=C(C)CN(C)C(=NCC1CCS(=O)(=O)C1)NC1CCCC1. The van der Waals surface area contributed by atoms with Crippen LogP contribution in [0.3, 0.4) is 0 Å². The zero-order valence-corrected chi connectivity index (χ0v) is 14.7. The van der Waals surface area contributed by atoms with Gasteiger partial charge in [-0.1, -0.05) is 25.0 Å². The number of sulfone groups is 1. The van der Waals surface area contributed by atoms with Gasteiger partial charge in [-0.3, -0.25) is 4.99 Å². The van der Waals surface area contributed by atoms with Gasteiger partial charge in [0.15, 0.2) is 15.8 Å². The van der Waals surface area contributed by atoms with Gasteiger partial charge in [-0.05, 0) is 32.1 Å². The Morgan fingerprint density at radius 2 is 2.00 bits per heavy atom. The van der Waals surface area contributed by atoms with E-state index in [2.05, 4.69) is 16.8 Å². The van der Waals surface area contributed by atoms with Crippen LogP contribution in [-0.2, 0) is 9.84 Å². The van der Waals surface area contributed by atoms with E-state index in [0.29, 0.717) is 18.3 Å². The summed E-state index contributed by atoms with van der Waals surface area (Å²) in [7, 11) is -0.808. The van der Waals surface area contributed by atoms with Crippen molar-refractivity contribution in [2.75, 3.05) is 31.6 Å². The van der Waals surface area contributed by atoms with Gasteiger partial charge in [-0.25, -0.2) is 8.42 Å². The van der Waals surface area contributed by atoms with Gasteiger partial charge in [0.05, 0.1) is 11.5 Å². The van der Waals surface area contributed by atoms with Gasteiger partial charge < -0.3 is 10.2 Å². The molecule has 6 heteroatoms. The van der Waals surface area contributed by atoms with E-state index < -0.39 is 9.84 Å². The summed E-state index contributed by atoms with van der Waals surface area (Å²) in [4.78, 5) is 6.80. The molecular weight excluding hydrogens is 298 g/mol. The first-order valence-corrected chi connectivity index (χ1v) is 10.0. The first kappa shape index (κ1) is 17.3. The van der Waals surface area contributed by atoms with E-state index in [0.717, 1.165) is 24.5 Å². The van der Waals surface area contributed by atoms with Crippen LogP contribution in [0.1, 0.15) is 39.0 Å². The molecule has 1 saturated carbocycles. The summed E-state index contributed by atoms with van der Waals surface area (Å²) in [6.07, 6.45) is 5.67. The fourth-order valence-corrected chi connectivity index (χ4v) is 5.09. The van der Waals surface area contributed by atoms with Crippen LogP contribution in [0.2, 0.25) is 0 Å². The van der Waals surface area contributed by atoms with E-state index in [1.165, 1.54) is 25.7 Å². The van der Waals surface area contributed by atoms with E-state index in [-0.39, 0.29) is 11.7 Å². The van der Waals surface area contributed by atoms with Gasteiger partial charge >= 0.3 is 0 Å². The second-order valence-electron chi connectivity index (χ2n) is 6.87. The van der Waals surface area contributed by atoms with Crippen molar-refractivity contribution < 1.29 is 8.42 Å². The minimum absolute atomic E-state index is 0.170. The fraction of sp³-hybridized carbons (Fsp3) is 0.812. The average Bonchev–Trinajstić information content (AvgIpc) is 3.03. The number of hydrogen-bond donors (Lipinski definition) is 1. The van der Waals surface area contributed by atoms with E-state index in [1.54, 1.807) is 0 Å². The molecule has 1 aliphatic carbocycles. The van der Waals surface area contributed by atoms with Crippen LogP contribution < -0.4 is 5.32 Å². The molecule has 0 aromatic carbocycles. The van der Waals surface area contributed by atoms with Crippen molar-refractivity contribution >= 4 is 15.8 Å². The van der Waals surface area contributed by atoms with Crippen molar-refractivity contribution in [2.24, 2.45) is 10.9 Å². The monoisotopic (exact) mass is 327 g/mol. The molecule has 22 heavy (non-hydrogen) atoms. The third-order valence-electron chi connectivity index (χ3n) is 4.38. The molecule has 0 aromatic heterocycles. The molecule has 2 aliphatic rings. The second kappa shape index (κ2) is 7.49. The molecule has 0 bridgehead atoms. The highest BCUT2D eigenvalue weighted by Crippen LogP contribution is 2.20. The Morgan fingerprint density at radius 3 is 2.55 bits per heavy atom. The molecule has 0 aromatic rings. The maximum absolute atomic E-state index is 11.6. The van der Waals surface area contributed by atoms with E-state index in [4.69, 9.17) is 4.99 Å². The standard InChI is InChI=1S/C16H29N3O2S/c1-13(2)11-19(3)16(18-15-6-4-5-7-15)17-10-14-8-9-22(20,21)12-14/h14-15H,1,4-12H2,2-3H3,(H,17,18). The largest absolute Gasteiger partial charge is 0.354 e. The second-order valence-corrected chi connectivity index (χ2v) is 9.10. The molecule has 1 unspecified atom stereocenters. The highest BCUT2D eigenvalue weighted by Gasteiger charge is 2.28. The summed E-state index contributed by atoms with van der Waals surface area (Å²) < 4.78 is 23.1. The summed E-state index contributed by atoms with van der Waals surface area (Å²) in [6, 6.07) is 0.499. The Balaban J connectivity index is 1.98. The van der Waals surface area contributed by atoms with E-state index in [9.17, 15) is 8.42 Å². The smallest absolute Gasteiger partial charge is 0.194 e. The third kappa shape index (κ3) is 5.30. The average molecular weight is 327 g/mol. The van der Waals surface area contributed by atoms with E-state index in [1.807, 2.05) is 14.0 Å². The molecule has 2 fully saturated rings. The van der Waals surface area contributed by atoms with Gasteiger partial charge in [-0.2, -0.15) is 0 Å². The van der Waals surface area contributed by atoms with Crippen molar-refractivity contribution in [1.29, 1.82) is 0 Å². The zero-order valence-electron chi connectivity index (χ0n) is 13.8. The van der Waals surface area contributed by atoms with Crippen molar-refractivity contribution in [2.45, 2.75) is 45.1 Å². The topological polar surface area (TPSA) is 61.8 Å². The molecule has 1 N–H and O–H groups in total. The molecule has 126 valence electrons. The summed E-state index contributed by atoms with van der Waals surface area (Å²) in [6.45, 7) is 7.33. The lowest BCUT2D eigenvalue weighted by Gasteiger charge is -2.26. The number of nitrogens with zero attached hydrogens (tertiary/aromatic N) is 2. The first-order valence-electron chi connectivity index (χ1n) is 8.22. The number of rotatable bonds is 5. The maximum Gasteiger partial charge on any atom is 0.194 e. The molecule has 0 radical (unpaired) electrons. The lowest BCUT2D eigenvalue weighted by molar-refractivity contribution is 0.486. The minimum atomic E-state index is -2.82. The lowest BCUT2D eigenvalue weighted by Crippen LogP contribution is -2.44. The quantitative estimate of drug-likeness (QED) is 0.475. The van der Waals surface area contributed by atoms with Gasteiger partial charge in [-0.15, -0.1) is 0 Å². The highest BCUT2D eigenvalue weighted by atomic mass is 32.2. The molecule has 5 nitrogen and oxygen atoms in total. The van der Waals surface area contributed by atoms with Crippen LogP contribution >= 0.6 is 0 Å². The van der Waals surface area contributed by atoms with Crippen LogP contribution in [0.15, 0.2) is 17.1 Å². The van der Waals surface area contributed by atoms with Gasteiger partial charge in [0, 0.05) is 26.2 Å². The minimum Gasteiger partial charge on any atom is -0.354 e. The normalized spacial score (nSPS) is 25.4. The number of hydrogen-bond acceptors (Lipinski definition) is 3. The van der Waals surface area contributed by atoms with Crippen LogP contribution in [0, 0.1) is 5.92 Å². The summed E-state index contributed by atoms with van der Waals surface area (Å²) in [5, 5.41) is 3.55. The number of nitrogens with one attached hydrogen (secondary N) is 1. The molecular formula is C16H29N3O2S. The van der Waals surface area contributed by atoms with Crippen LogP contribution in [-0.4, -0.2) is 57.0 Å². The molecule has 2 rings (SSSR count). The maximum atomic E-state index is 11.6. The third-order valence-corrected chi connectivity index (χ3v) is 6.22. The fourth-order valence-electron chi connectivity index (χ4n) is 3.24. The molecule has 0 spiro atoms.